The SMILES string of the molecule is B/B=B\c1cn[nH]c(=O)c1B. The normalized spacial score (nSPS) is 9.09. The molecular weight excluding hydrogens is 135 g/mol. The van der Waals surface area contributed by atoms with Crippen LogP contribution in [0.25, 0.3) is 0 Å². The maximum atomic E-state index is 11.0. The Bertz CT molecular complexity index is 333. The molecule has 50 valence electrons. The molecule has 1 aromatic rings. The van der Waals surface area contributed by atoms with E-state index in [0.717, 1.165) is 5.46 Å². The van der Waals surface area contributed by atoms with Gasteiger partial charge in [0.1, 0.15) is 0 Å². The van der Waals surface area contributed by atoms with Gasteiger partial charge in [-0.05, 0) is 0 Å². The number of hydrogen-bond donors (Lipinski definition) is 1. The molecule has 0 bridgehead atoms. The first kappa shape index (κ1) is 8.24. The molecule has 0 aromatic carbocycles. The summed E-state index contributed by atoms with van der Waals surface area (Å²) in [5.74, 6) is 0. The Kier molecular flexibility index (Phi) is 2.63. The Morgan fingerprint density at radius 2 is 2.36 bits per heavy atom. The Labute approximate surface area is 67.5 Å². The first-order valence-corrected chi connectivity index (χ1v) is 3.42. The molecule has 0 atom stereocenters. The zero-order valence-electron chi connectivity index (χ0n) is 6.59. The van der Waals surface area contributed by atoms with Crippen LogP contribution in [0.1, 0.15) is 0 Å². The number of H-pyrrole nitrogens is 1. The Balaban J connectivity index is 3.27. The number of aromatic nitrogens is 2. The molecule has 1 N–H and O–H groups in total. The summed E-state index contributed by atoms with van der Waals surface area (Å²) in [6.45, 7) is 3.74. The molecule has 0 radical (unpaired) electrons. The zero-order chi connectivity index (χ0) is 8.27. The van der Waals surface area contributed by atoms with Crippen LogP contribution in [0.2, 0.25) is 0 Å². The van der Waals surface area contributed by atoms with Gasteiger partial charge in [0.05, 0.1) is 0 Å². The van der Waals surface area contributed by atoms with Crippen LogP contribution < -0.4 is 16.5 Å². The number of nitrogens with one attached hydrogen (secondary N) is 1. The van der Waals surface area contributed by atoms with Crippen molar-refractivity contribution < 1.29 is 0 Å². The summed E-state index contributed by atoms with van der Waals surface area (Å²) in [5.41, 5.74) is 1.45. The van der Waals surface area contributed by atoms with E-state index in [9.17, 15) is 4.79 Å². The monoisotopic (exact) mass is 142 g/mol. The number of hydrogen-bond acceptors (Lipinski definition) is 2. The predicted molar refractivity (Wildman–Crippen MR) is 52.7 cm³/mol. The molecule has 1 heterocycles. The maximum absolute atomic E-state index is 11.0. The van der Waals surface area contributed by atoms with Crippen LogP contribution in [0.5, 0.6) is 0 Å². The second-order valence-electron chi connectivity index (χ2n) is 2.28. The van der Waals surface area contributed by atoms with E-state index in [-0.39, 0.29) is 5.56 Å². The molecule has 0 unspecified atom stereocenters. The molecular formula is C4H6B4N2O. The third-order valence-electron chi connectivity index (χ3n) is 1.49. The summed E-state index contributed by atoms with van der Waals surface area (Å²) in [6.07, 6.45) is 1.64. The Morgan fingerprint density at radius 1 is 1.64 bits per heavy atom. The van der Waals surface area contributed by atoms with Crippen LogP contribution in [0.3, 0.4) is 0 Å². The molecule has 0 aliphatic rings. The zero-order valence-corrected chi connectivity index (χ0v) is 6.59. The predicted octanol–water partition coefficient (Wildman–Crippen LogP) is -4.47. The van der Waals surface area contributed by atoms with Crippen molar-refractivity contribution >= 4 is 40.0 Å². The van der Waals surface area contributed by atoms with E-state index < -0.39 is 0 Å². The fraction of sp³-hybridized carbons (Fsp3) is 0. The first-order valence-electron chi connectivity index (χ1n) is 3.42. The van der Waals surface area contributed by atoms with Crippen molar-refractivity contribution in [3.8, 4) is 0 Å². The van der Waals surface area contributed by atoms with Gasteiger partial charge in [0, 0.05) is 0 Å². The molecule has 0 aliphatic carbocycles. The van der Waals surface area contributed by atoms with E-state index in [4.69, 9.17) is 0 Å². The van der Waals surface area contributed by atoms with Crippen molar-refractivity contribution in [2.24, 2.45) is 0 Å². The van der Waals surface area contributed by atoms with Gasteiger partial charge in [-0.25, -0.2) is 0 Å². The van der Waals surface area contributed by atoms with E-state index in [0.29, 0.717) is 5.46 Å². The number of rotatable bonds is 1. The average Bonchev–Trinajstić information content (AvgIpc) is 1.99. The second kappa shape index (κ2) is 3.51. The van der Waals surface area contributed by atoms with Gasteiger partial charge in [0.25, 0.3) is 0 Å². The Morgan fingerprint density at radius 3 is 3.00 bits per heavy atom. The van der Waals surface area contributed by atoms with Crippen molar-refractivity contribution in [3.63, 3.8) is 0 Å². The molecule has 1 aromatic heterocycles. The van der Waals surface area contributed by atoms with Crippen LogP contribution in [-0.2, 0) is 0 Å². The summed E-state index contributed by atoms with van der Waals surface area (Å²) in [5, 5.41) is 6.03. The second-order valence-corrected chi connectivity index (χ2v) is 2.28. The third-order valence-corrected chi connectivity index (χ3v) is 1.49. The van der Waals surface area contributed by atoms with E-state index in [1.807, 2.05) is 21.2 Å². The molecule has 1 rings (SSSR count). The van der Waals surface area contributed by atoms with Crippen LogP contribution in [0.4, 0.5) is 0 Å². The average molecular weight is 141 g/mol. The van der Waals surface area contributed by atoms with Crippen LogP contribution >= 0.6 is 0 Å². The van der Waals surface area contributed by atoms with E-state index in [1.165, 1.54) is 0 Å². The molecule has 0 aliphatic heterocycles. The molecule has 0 saturated heterocycles. The van der Waals surface area contributed by atoms with Gasteiger partial charge in [-0.3, -0.25) is 0 Å². The van der Waals surface area contributed by atoms with Gasteiger partial charge < -0.3 is 0 Å². The summed E-state index contributed by atoms with van der Waals surface area (Å²) < 4.78 is 0. The molecule has 0 saturated carbocycles. The first-order chi connectivity index (χ1) is 5.25. The van der Waals surface area contributed by atoms with E-state index in [1.54, 1.807) is 14.0 Å². The van der Waals surface area contributed by atoms with Crippen molar-refractivity contribution in [2.45, 2.75) is 0 Å². The number of aromatic amines is 1. The van der Waals surface area contributed by atoms with Gasteiger partial charge in [-0.2, -0.15) is 0 Å². The molecule has 0 amide bonds. The van der Waals surface area contributed by atoms with E-state index in [2.05, 4.69) is 10.2 Å². The fourth-order valence-corrected chi connectivity index (χ4v) is 0.820. The van der Waals surface area contributed by atoms with Gasteiger partial charge in [0.15, 0.2) is 0 Å². The van der Waals surface area contributed by atoms with Crippen molar-refractivity contribution in [3.05, 3.63) is 16.6 Å². The fourth-order valence-electron chi connectivity index (χ4n) is 0.820. The van der Waals surface area contributed by atoms with Crippen LogP contribution in [-0.4, -0.2) is 39.3 Å². The van der Waals surface area contributed by atoms with Crippen molar-refractivity contribution in [1.82, 2.24) is 10.2 Å². The molecule has 3 nitrogen and oxygen atoms in total. The summed E-state index contributed by atoms with van der Waals surface area (Å²) in [7, 11) is 3.68. The van der Waals surface area contributed by atoms with Gasteiger partial charge in [0.2, 0.25) is 0 Å². The van der Waals surface area contributed by atoms with Gasteiger partial charge >= 0.3 is 66.8 Å². The standard InChI is InChI=1S/C4H6B4N2O/c5-3-2(7-8-6)1-9-10-4(3)11/h1H,5-6H2,(H,10,11). The van der Waals surface area contributed by atoms with Gasteiger partial charge in [-0.1, -0.05) is 0 Å². The summed E-state index contributed by atoms with van der Waals surface area (Å²) >= 11 is 0. The van der Waals surface area contributed by atoms with Gasteiger partial charge in [-0.15, -0.1) is 0 Å². The van der Waals surface area contributed by atoms with Crippen molar-refractivity contribution in [1.29, 1.82) is 0 Å². The summed E-state index contributed by atoms with van der Waals surface area (Å²) in [6, 6.07) is 0. The summed E-state index contributed by atoms with van der Waals surface area (Å²) in [4.78, 5) is 11.0. The number of nitrogens with zero attached hydrogens (tertiary/aromatic N) is 1. The van der Waals surface area contributed by atoms with Crippen LogP contribution in [0.15, 0.2) is 11.0 Å². The Hall–Kier alpha value is -0.860. The van der Waals surface area contributed by atoms with E-state index >= 15 is 0 Å². The van der Waals surface area contributed by atoms with Crippen molar-refractivity contribution in [2.75, 3.05) is 0 Å². The molecule has 11 heavy (non-hydrogen) atoms. The molecule has 7 heteroatoms. The topological polar surface area (TPSA) is 45.8 Å². The quantitative estimate of drug-likeness (QED) is 0.401. The molecule has 0 fully saturated rings. The minimum absolute atomic E-state index is 0.124. The van der Waals surface area contributed by atoms with Crippen LogP contribution in [0, 0.1) is 0 Å². The minimum atomic E-state index is -0.124. The molecule has 0 spiro atoms. The third kappa shape index (κ3) is 1.79.